The third-order valence-corrected chi connectivity index (χ3v) is 4.84. The Bertz CT molecular complexity index is 241. The van der Waals surface area contributed by atoms with Crippen LogP contribution in [0.3, 0.4) is 0 Å². The Labute approximate surface area is 107 Å². The number of hydrogen-bond acceptors (Lipinski definition) is 2. The molecule has 100 valence electrons. The van der Waals surface area contributed by atoms with Gasteiger partial charge >= 0.3 is 0 Å². The Balaban J connectivity index is 1.94. The van der Waals surface area contributed by atoms with E-state index in [9.17, 15) is 0 Å². The zero-order chi connectivity index (χ0) is 12.4. The predicted octanol–water partition coefficient (Wildman–Crippen LogP) is 3.17. The predicted molar refractivity (Wildman–Crippen MR) is 74.4 cm³/mol. The molecule has 1 saturated carbocycles. The number of unbranched alkanes of at least 4 members (excludes halogenated alkanes) is 2. The van der Waals surface area contributed by atoms with Crippen LogP contribution in [0.1, 0.15) is 65.7 Å². The highest BCUT2D eigenvalue weighted by atomic mass is 15.3. The van der Waals surface area contributed by atoms with Crippen molar-refractivity contribution in [2.75, 3.05) is 19.6 Å². The first-order valence-corrected chi connectivity index (χ1v) is 7.58. The second kappa shape index (κ2) is 5.27. The maximum Gasteiger partial charge on any atom is 0.0309 e. The highest BCUT2D eigenvalue weighted by Gasteiger charge is 2.43. The Morgan fingerprint density at radius 2 is 1.82 bits per heavy atom. The zero-order valence-corrected chi connectivity index (χ0v) is 12.0. The molecule has 1 aliphatic heterocycles. The summed E-state index contributed by atoms with van der Waals surface area (Å²) in [6.07, 6.45) is 9.73. The monoisotopic (exact) mass is 238 g/mol. The first-order chi connectivity index (χ1) is 8.08. The van der Waals surface area contributed by atoms with Crippen LogP contribution in [0.4, 0.5) is 0 Å². The number of hydrogen-bond donors (Lipinski definition) is 1. The highest BCUT2D eigenvalue weighted by Crippen LogP contribution is 2.35. The molecule has 0 unspecified atom stereocenters. The van der Waals surface area contributed by atoms with E-state index >= 15 is 0 Å². The smallest absolute Gasteiger partial charge is 0.0309 e. The van der Waals surface area contributed by atoms with Gasteiger partial charge in [0, 0.05) is 24.2 Å². The molecule has 2 rings (SSSR count). The molecule has 0 amide bonds. The Kier molecular flexibility index (Phi) is 4.14. The molecule has 2 nitrogen and oxygen atoms in total. The SMILES string of the molecule is CCCCCN1CC2(CCCC2)NCC1(C)C. The van der Waals surface area contributed by atoms with Crippen molar-refractivity contribution in [3.05, 3.63) is 0 Å². The van der Waals surface area contributed by atoms with Crippen LogP contribution in [0.5, 0.6) is 0 Å². The lowest BCUT2D eigenvalue weighted by Gasteiger charge is -2.51. The maximum absolute atomic E-state index is 3.86. The maximum atomic E-state index is 3.86. The molecule has 2 fully saturated rings. The van der Waals surface area contributed by atoms with E-state index in [0.29, 0.717) is 11.1 Å². The molecular weight excluding hydrogens is 208 g/mol. The van der Waals surface area contributed by atoms with Gasteiger partial charge in [-0.3, -0.25) is 4.90 Å². The summed E-state index contributed by atoms with van der Waals surface area (Å²) in [7, 11) is 0. The number of nitrogens with one attached hydrogen (secondary N) is 1. The van der Waals surface area contributed by atoms with Gasteiger partial charge < -0.3 is 5.32 Å². The summed E-state index contributed by atoms with van der Waals surface area (Å²) >= 11 is 0. The Morgan fingerprint density at radius 3 is 2.47 bits per heavy atom. The van der Waals surface area contributed by atoms with Crippen molar-refractivity contribution < 1.29 is 0 Å². The summed E-state index contributed by atoms with van der Waals surface area (Å²) in [5.74, 6) is 0. The highest BCUT2D eigenvalue weighted by molar-refractivity contribution is 5.03. The molecule has 0 bridgehead atoms. The summed E-state index contributed by atoms with van der Waals surface area (Å²) in [6.45, 7) is 10.8. The van der Waals surface area contributed by atoms with Crippen LogP contribution in [-0.2, 0) is 0 Å². The van der Waals surface area contributed by atoms with Crippen molar-refractivity contribution >= 4 is 0 Å². The lowest BCUT2D eigenvalue weighted by molar-refractivity contribution is 0.0271. The van der Waals surface area contributed by atoms with E-state index in [1.165, 1.54) is 64.6 Å². The van der Waals surface area contributed by atoms with Crippen molar-refractivity contribution in [2.45, 2.75) is 76.8 Å². The van der Waals surface area contributed by atoms with Gasteiger partial charge in [-0.25, -0.2) is 0 Å². The summed E-state index contributed by atoms with van der Waals surface area (Å²) in [5.41, 5.74) is 0.823. The molecule has 0 radical (unpaired) electrons. The van der Waals surface area contributed by atoms with Crippen LogP contribution >= 0.6 is 0 Å². The average Bonchev–Trinajstić information content (AvgIpc) is 2.73. The molecule has 1 aliphatic carbocycles. The fraction of sp³-hybridized carbons (Fsp3) is 1.00. The van der Waals surface area contributed by atoms with Gasteiger partial charge in [0.2, 0.25) is 0 Å². The fourth-order valence-corrected chi connectivity index (χ4v) is 3.47. The summed E-state index contributed by atoms with van der Waals surface area (Å²) in [5, 5.41) is 3.86. The summed E-state index contributed by atoms with van der Waals surface area (Å²) in [4.78, 5) is 2.75. The molecule has 1 spiro atoms. The van der Waals surface area contributed by atoms with E-state index in [4.69, 9.17) is 0 Å². The molecule has 1 saturated heterocycles. The lowest BCUT2D eigenvalue weighted by atomic mass is 9.87. The van der Waals surface area contributed by atoms with Crippen molar-refractivity contribution in [3.63, 3.8) is 0 Å². The largest absolute Gasteiger partial charge is 0.308 e. The third-order valence-electron chi connectivity index (χ3n) is 4.84. The van der Waals surface area contributed by atoms with Crippen LogP contribution in [0.25, 0.3) is 0 Å². The second-order valence-corrected chi connectivity index (χ2v) is 6.78. The summed E-state index contributed by atoms with van der Waals surface area (Å²) < 4.78 is 0. The molecule has 0 atom stereocenters. The van der Waals surface area contributed by atoms with Gasteiger partial charge in [-0.2, -0.15) is 0 Å². The topological polar surface area (TPSA) is 15.3 Å². The first-order valence-electron chi connectivity index (χ1n) is 7.58. The quantitative estimate of drug-likeness (QED) is 0.757. The van der Waals surface area contributed by atoms with Gasteiger partial charge in [-0.05, 0) is 39.7 Å². The minimum atomic E-state index is 0.349. The van der Waals surface area contributed by atoms with Crippen LogP contribution in [0, 0.1) is 0 Å². The number of nitrogens with zero attached hydrogens (tertiary/aromatic N) is 1. The van der Waals surface area contributed by atoms with Gasteiger partial charge in [0.25, 0.3) is 0 Å². The average molecular weight is 238 g/mol. The van der Waals surface area contributed by atoms with E-state index in [2.05, 4.69) is 31.0 Å². The number of piperazine rings is 1. The van der Waals surface area contributed by atoms with E-state index in [0.717, 1.165) is 0 Å². The number of rotatable bonds is 4. The van der Waals surface area contributed by atoms with Gasteiger partial charge in [0.15, 0.2) is 0 Å². The second-order valence-electron chi connectivity index (χ2n) is 6.78. The Morgan fingerprint density at radius 1 is 1.12 bits per heavy atom. The van der Waals surface area contributed by atoms with Gasteiger partial charge in [-0.15, -0.1) is 0 Å². The van der Waals surface area contributed by atoms with Crippen LogP contribution in [-0.4, -0.2) is 35.6 Å². The molecule has 1 N–H and O–H groups in total. The molecular formula is C15H30N2. The molecule has 2 heteroatoms. The van der Waals surface area contributed by atoms with E-state index in [-0.39, 0.29) is 0 Å². The molecule has 0 aromatic carbocycles. The third kappa shape index (κ3) is 3.03. The van der Waals surface area contributed by atoms with Crippen molar-refractivity contribution in [3.8, 4) is 0 Å². The van der Waals surface area contributed by atoms with Crippen LogP contribution in [0.15, 0.2) is 0 Å². The van der Waals surface area contributed by atoms with E-state index < -0.39 is 0 Å². The zero-order valence-electron chi connectivity index (χ0n) is 12.0. The molecule has 17 heavy (non-hydrogen) atoms. The van der Waals surface area contributed by atoms with Crippen molar-refractivity contribution in [1.29, 1.82) is 0 Å². The first kappa shape index (κ1) is 13.4. The van der Waals surface area contributed by atoms with Crippen molar-refractivity contribution in [2.24, 2.45) is 0 Å². The van der Waals surface area contributed by atoms with Gasteiger partial charge in [0.05, 0.1) is 0 Å². The van der Waals surface area contributed by atoms with Gasteiger partial charge in [0.1, 0.15) is 0 Å². The van der Waals surface area contributed by atoms with Crippen LogP contribution < -0.4 is 5.32 Å². The van der Waals surface area contributed by atoms with Crippen molar-refractivity contribution in [1.82, 2.24) is 10.2 Å². The minimum Gasteiger partial charge on any atom is -0.308 e. The minimum absolute atomic E-state index is 0.349. The molecule has 1 heterocycles. The van der Waals surface area contributed by atoms with E-state index in [1.807, 2.05) is 0 Å². The fourth-order valence-electron chi connectivity index (χ4n) is 3.47. The normalized spacial score (nSPS) is 27.7. The van der Waals surface area contributed by atoms with E-state index in [1.54, 1.807) is 0 Å². The molecule has 2 aliphatic rings. The lowest BCUT2D eigenvalue weighted by Crippen LogP contribution is -2.67. The molecule has 0 aromatic heterocycles. The van der Waals surface area contributed by atoms with Gasteiger partial charge in [-0.1, -0.05) is 32.6 Å². The standard InChI is InChI=1S/C15H30N2/c1-4-5-8-11-17-13-15(9-6-7-10-15)16-12-14(17,2)3/h16H,4-13H2,1-3H3. The molecule has 0 aromatic rings. The Hall–Kier alpha value is -0.0800. The van der Waals surface area contributed by atoms with Crippen LogP contribution in [0.2, 0.25) is 0 Å². The summed E-state index contributed by atoms with van der Waals surface area (Å²) in [6, 6.07) is 0.